The number of unbranched alkanes of at least 4 members (excludes halogenated alkanes) is 18. The van der Waals surface area contributed by atoms with Gasteiger partial charge in [-0.25, -0.2) is 0 Å². The van der Waals surface area contributed by atoms with Crippen molar-refractivity contribution in [3.05, 3.63) is 48.6 Å². The Kier molecular flexibility index (Phi) is 36.1. The van der Waals surface area contributed by atoms with Gasteiger partial charge in [-0.1, -0.05) is 159 Å². The zero-order valence-electron chi connectivity index (χ0n) is 31.9. The Morgan fingerprint density at radius 2 is 0.735 bits per heavy atom. The molecule has 49 heavy (non-hydrogen) atoms. The van der Waals surface area contributed by atoms with Gasteiger partial charge in [-0.3, -0.25) is 14.4 Å². The van der Waals surface area contributed by atoms with E-state index in [2.05, 4.69) is 69.4 Å². The lowest BCUT2D eigenvalue weighted by Gasteiger charge is -2.18. The standard InChI is InChI=1S/C43H74O6/c1-4-7-10-13-16-19-21-24-27-30-33-36-42(45)48-39-40(38-47-41(44)35-32-29-26-23-18-15-12-9-6-3)49-43(46)37-34-31-28-25-22-20-17-14-11-8-5-2/h13-14,16-17,19-22,40H,4-12,15,18,23-39H2,1-3H3/b16-13-,17-14-,21-19-,22-20-. The second kappa shape index (κ2) is 38.2. The summed E-state index contributed by atoms with van der Waals surface area (Å²) in [6.45, 7) is 6.43. The summed E-state index contributed by atoms with van der Waals surface area (Å²) in [5.41, 5.74) is 0. The molecule has 0 aromatic rings. The van der Waals surface area contributed by atoms with Gasteiger partial charge in [0.15, 0.2) is 6.10 Å². The minimum atomic E-state index is -0.790. The number of rotatable bonds is 35. The van der Waals surface area contributed by atoms with Crippen molar-refractivity contribution < 1.29 is 28.6 Å². The number of ether oxygens (including phenoxy) is 3. The zero-order chi connectivity index (χ0) is 35.9. The summed E-state index contributed by atoms with van der Waals surface area (Å²) >= 11 is 0. The lowest BCUT2D eigenvalue weighted by molar-refractivity contribution is -0.167. The highest BCUT2D eigenvalue weighted by molar-refractivity contribution is 5.71. The summed E-state index contributed by atoms with van der Waals surface area (Å²) < 4.78 is 16.5. The van der Waals surface area contributed by atoms with Crippen molar-refractivity contribution in [3.8, 4) is 0 Å². The Balaban J connectivity index is 4.47. The van der Waals surface area contributed by atoms with E-state index in [9.17, 15) is 14.4 Å². The molecular weight excluding hydrogens is 612 g/mol. The second-order valence-corrected chi connectivity index (χ2v) is 13.3. The van der Waals surface area contributed by atoms with Gasteiger partial charge in [0.25, 0.3) is 0 Å². The minimum Gasteiger partial charge on any atom is -0.462 e. The van der Waals surface area contributed by atoms with E-state index in [-0.39, 0.29) is 31.1 Å². The number of esters is 3. The van der Waals surface area contributed by atoms with Gasteiger partial charge < -0.3 is 14.2 Å². The molecule has 1 unspecified atom stereocenters. The van der Waals surface area contributed by atoms with E-state index in [0.717, 1.165) is 83.5 Å². The molecule has 6 nitrogen and oxygen atoms in total. The summed E-state index contributed by atoms with van der Waals surface area (Å²) in [7, 11) is 0. The van der Waals surface area contributed by atoms with Crippen molar-refractivity contribution in [2.75, 3.05) is 13.2 Å². The number of allylic oxidation sites excluding steroid dienone is 8. The zero-order valence-corrected chi connectivity index (χ0v) is 31.9. The van der Waals surface area contributed by atoms with Gasteiger partial charge in [0.2, 0.25) is 0 Å². The molecular formula is C43H74O6. The molecule has 1 atom stereocenters. The minimum absolute atomic E-state index is 0.0922. The van der Waals surface area contributed by atoms with Crippen LogP contribution in [-0.4, -0.2) is 37.2 Å². The fourth-order valence-corrected chi connectivity index (χ4v) is 5.22. The van der Waals surface area contributed by atoms with Crippen molar-refractivity contribution in [2.45, 2.75) is 194 Å². The van der Waals surface area contributed by atoms with Gasteiger partial charge in [0.05, 0.1) is 0 Å². The lowest BCUT2D eigenvalue weighted by Crippen LogP contribution is -2.30. The maximum absolute atomic E-state index is 12.6. The molecule has 0 bridgehead atoms. The van der Waals surface area contributed by atoms with Crippen LogP contribution in [0.25, 0.3) is 0 Å². The molecule has 0 fully saturated rings. The summed E-state index contributed by atoms with van der Waals surface area (Å²) in [6, 6.07) is 0. The van der Waals surface area contributed by atoms with E-state index >= 15 is 0 Å². The van der Waals surface area contributed by atoms with E-state index in [1.165, 1.54) is 64.2 Å². The molecule has 0 spiro atoms. The third-order valence-electron chi connectivity index (χ3n) is 8.36. The maximum Gasteiger partial charge on any atom is 0.306 e. The van der Waals surface area contributed by atoms with Crippen LogP contribution in [0.15, 0.2) is 48.6 Å². The van der Waals surface area contributed by atoms with Crippen LogP contribution >= 0.6 is 0 Å². The van der Waals surface area contributed by atoms with Crippen LogP contribution in [0.5, 0.6) is 0 Å². The van der Waals surface area contributed by atoms with Crippen LogP contribution in [0.4, 0.5) is 0 Å². The molecule has 0 aromatic carbocycles. The van der Waals surface area contributed by atoms with E-state index in [1.807, 2.05) is 0 Å². The lowest BCUT2D eigenvalue weighted by atomic mass is 10.1. The van der Waals surface area contributed by atoms with Crippen molar-refractivity contribution in [2.24, 2.45) is 0 Å². The SMILES string of the molecule is CCCC/C=C\C=C/CCCCCC(=O)OCC(COC(=O)CCCCCCCCCCC)OC(=O)CCCCC/C=C\C=C/CCCC. The molecule has 0 amide bonds. The average Bonchev–Trinajstić information content (AvgIpc) is 3.10. The van der Waals surface area contributed by atoms with Crippen molar-refractivity contribution in [3.63, 3.8) is 0 Å². The number of hydrogen-bond donors (Lipinski definition) is 0. The van der Waals surface area contributed by atoms with E-state index in [0.29, 0.717) is 19.3 Å². The topological polar surface area (TPSA) is 78.9 Å². The van der Waals surface area contributed by atoms with Crippen molar-refractivity contribution in [1.29, 1.82) is 0 Å². The molecule has 0 saturated carbocycles. The second-order valence-electron chi connectivity index (χ2n) is 13.3. The Bertz CT molecular complexity index is 887. The normalized spacial score (nSPS) is 12.5. The van der Waals surface area contributed by atoms with Crippen molar-refractivity contribution in [1.82, 2.24) is 0 Å². The van der Waals surface area contributed by atoms with Crippen molar-refractivity contribution >= 4 is 17.9 Å². The largest absolute Gasteiger partial charge is 0.462 e. The van der Waals surface area contributed by atoms with E-state index in [1.54, 1.807) is 0 Å². The molecule has 6 heteroatoms. The first kappa shape index (κ1) is 46.4. The average molecular weight is 687 g/mol. The maximum atomic E-state index is 12.6. The van der Waals surface area contributed by atoms with Gasteiger partial charge in [0, 0.05) is 19.3 Å². The molecule has 0 saturated heterocycles. The van der Waals surface area contributed by atoms with Crippen LogP contribution in [0.3, 0.4) is 0 Å². The fourth-order valence-electron chi connectivity index (χ4n) is 5.22. The van der Waals surface area contributed by atoms with Crippen LogP contribution in [0.1, 0.15) is 188 Å². The monoisotopic (exact) mass is 687 g/mol. The molecule has 0 aliphatic carbocycles. The molecule has 0 heterocycles. The van der Waals surface area contributed by atoms with Crippen LogP contribution in [-0.2, 0) is 28.6 Å². The van der Waals surface area contributed by atoms with E-state index in [4.69, 9.17) is 14.2 Å². The van der Waals surface area contributed by atoms with Crippen LogP contribution in [0, 0.1) is 0 Å². The highest BCUT2D eigenvalue weighted by Gasteiger charge is 2.19. The number of carbonyl (C=O) groups is 3. The Morgan fingerprint density at radius 1 is 0.408 bits per heavy atom. The van der Waals surface area contributed by atoms with Gasteiger partial charge >= 0.3 is 17.9 Å². The summed E-state index contributed by atoms with van der Waals surface area (Å²) in [5, 5.41) is 0. The molecule has 282 valence electrons. The first-order valence-electron chi connectivity index (χ1n) is 20.2. The highest BCUT2D eigenvalue weighted by atomic mass is 16.6. The third kappa shape index (κ3) is 36.5. The van der Waals surface area contributed by atoms with Gasteiger partial charge in [0.1, 0.15) is 13.2 Å². The highest BCUT2D eigenvalue weighted by Crippen LogP contribution is 2.12. The predicted octanol–water partition coefficient (Wildman–Crippen LogP) is 12.4. The Hall–Kier alpha value is -2.63. The summed E-state index contributed by atoms with van der Waals surface area (Å²) in [5.74, 6) is -0.961. The number of hydrogen-bond acceptors (Lipinski definition) is 6. The summed E-state index contributed by atoms with van der Waals surface area (Å²) in [4.78, 5) is 37.4. The molecule has 0 aliphatic rings. The molecule has 0 N–H and O–H groups in total. The molecule has 0 radical (unpaired) electrons. The van der Waals surface area contributed by atoms with Gasteiger partial charge in [-0.2, -0.15) is 0 Å². The van der Waals surface area contributed by atoms with Gasteiger partial charge in [-0.15, -0.1) is 0 Å². The predicted molar refractivity (Wildman–Crippen MR) is 205 cm³/mol. The summed E-state index contributed by atoms with van der Waals surface area (Å²) in [6.07, 6.45) is 42.4. The van der Waals surface area contributed by atoms with Crippen LogP contribution in [0.2, 0.25) is 0 Å². The molecule has 0 aliphatic heterocycles. The molecule has 0 aromatic heterocycles. The smallest absolute Gasteiger partial charge is 0.306 e. The first-order valence-corrected chi connectivity index (χ1v) is 20.2. The van der Waals surface area contributed by atoms with Gasteiger partial charge in [-0.05, 0) is 57.8 Å². The van der Waals surface area contributed by atoms with E-state index < -0.39 is 6.10 Å². The Morgan fingerprint density at radius 3 is 1.14 bits per heavy atom. The number of carbonyl (C=O) groups excluding carboxylic acids is 3. The van der Waals surface area contributed by atoms with Crippen LogP contribution < -0.4 is 0 Å². The third-order valence-corrected chi connectivity index (χ3v) is 8.36. The fraction of sp³-hybridized carbons (Fsp3) is 0.744. The Labute approximate surface area is 301 Å². The quantitative estimate of drug-likeness (QED) is 0.0286. The molecule has 0 rings (SSSR count). The first-order chi connectivity index (χ1) is 24.0.